The highest BCUT2D eigenvalue weighted by molar-refractivity contribution is 6.30. The molecule has 2 aromatic rings. The van der Waals surface area contributed by atoms with Crippen LogP contribution in [0.5, 0.6) is 0 Å². The van der Waals surface area contributed by atoms with Gasteiger partial charge in [-0.05, 0) is 25.0 Å². The standard InChI is InChI=1S/C16H14ClN3O2/c17-10-5-6-14-18-11(8-19(14)7-10)9-20-15(21)12-3-1-2-4-13(12)16(20)22/h1-2,5-8,12-13H,3-4,9H2/t12-,13-/m1/s1. The molecule has 112 valence electrons. The number of aromatic nitrogens is 2. The summed E-state index contributed by atoms with van der Waals surface area (Å²) in [5.41, 5.74) is 1.44. The number of rotatable bonds is 2. The lowest BCUT2D eigenvalue weighted by molar-refractivity contribution is -0.140. The van der Waals surface area contributed by atoms with Crippen LogP contribution in [0.2, 0.25) is 5.02 Å². The first-order chi connectivity index (χ1) is 10.6. The number of nitrogens with zero attached hydrogens (tertiary/aromatic N) is 3. The molecule has 0 spiro atoms. The van der Waals surface area contributed by atoms with Crippen molar-refractivity contribution in [3.8, 4) is 0 Å². The second kappa shape index (κ2) is 4.95. The molecule has 0 N–H and O–H groups in total. The first kappa shape index (κ1) is 13.5. The molecular formula is C16H14ClN3O2. The highest BCUT2D eigenvalue weighted by Gasteiger charge is 2.47. The van der Waals surface area contributed by atoms with Crippen molar-refractivity contribution >= 4 is 29.1 Å². The van der Waals surface area contributed by atoms with Crippen LogP contribution in [0.25, 0.3) is 5.65 Å². The summed E-state index contributed by atoms with van der Waals surface area (Å²) in [6, 6.07) is 3.57. The van der Waals surface area contributed by atoms with E-state index in [2.05, 4.69) is 4.98 Å². The van der Waals surface area contributed by atoms with Gasteiger partial charge in [0.25, 0.3) is 0 Å². The van der Waals surface area contributed by atoms with Crippen LogP contribution in [0, 0.1) is 11.8 Å². The van der Waals surface area contributed by atoms with Gasteiger partial charge in [0, 0.05) is 12.4 Å². The van der Waals surface area contributed by atoms with Crippen LogP contribution in [-0.2, 0) is 16.1 Å². The molecule has 1 fully saturated rings. The number of carbonyl (C=O) groups is 2. The highest BCUT2D eigenvalue weighted by atomic mass is 35.5. The van der Waals surface area contributed by atoms with Gasteiger partial charge in [0.05, 0.1) is 29.1 Å². The third-order valence-corrected chi connectivity index (χ3v) is 4.61. The minimum atomic E-state index is -0.191. The molecule has 3 heterocycles. The summed E-state index contributed by atoms with van der Waals surface area (Å²) in [5.74, 6) is -0.531. The number of imide groups is 1. The molecule has 4 rings (SSSR count). The number of likely N-dealkylation sites (tertiary alicyclic amines) is 1. The van der Waals surface area contributed by atoms with Crippen molar-refractivity contribution < 1.29 is 9.59 Å². The van der Waals surface area contributed by atoms with Crippen molar-refractivity contribution in [2.75, 3.05) is 0 Å². The zero-order valence-corrected chi connectivity index (χ0v) is 12.5. The zero-order valence-electron chi connectivity index (χ0n) is 11.8. The molecule has 2 aliphatic rings. The molecule has 0 aromatic carbocycles. The van der Waals surface area contributed by atoms with Gasteiger partial charge in [-0.1, -0.05) is 23.8 Å². The summed E-state index contributed by atoms with van der Waals surface area (Å²) < 4.78 is 1.80. The topological polar surface area (TPSA) is 54.7 Å². The van der Waals surface area contributed by atoms with Crippen LogP contribution in [0.1, 0.15) is 18.5 Å². The lowest BCUT2D eigenvalue weighted by Gasteiger charge is -2.14. The van der Waals surface area contributed by atoms with Gasteiger partial charge in [-0.15, -0.1) is 0 Å². The van der Waals surface area contributed by atoms with Crippen LogP contribution in [0.3, 0.4) is 0 Å². The van der Waals surface area contributed by atoms with E-state index >= 15 is 0 Å². The van der Waals surface area contributed by atoms with Crippen molar-refractivity contribution in [1.82, 2.24) is 14.3 Å². The number of pyridine rings is 1. The second-order valence-electron chi connectivity index (χ2n) is 5.76. The molecule has 0 saturated carbocycles. The molecular weight excluding hydrogens is 302 g/mol. The summed E-state index contributed by atoms with van der Waals surface area (Å²) in [5, 5.41) is 0.613. The Morgan fingerprint density at radius 1 is 1.09 bits per heavy atom. The fourth-order valence-corrected chi connectivity index (χ4v) is 3.45. The van der Waals surface area contributed by atoms with Gasteiger partial charge >= 0.3 is 0 Å². The predicted molar refractivity (Wildman–Crippen MR) is 81.1 cm³/mol. The molecule has 5 nitrogen and oxygen atoms in total. The lowest BCUT2D eigenvalue weighted by Crippen LogP contribution is -2.30. The number of amides is 2. The fourth-order valence-electron chi connectivity index (χ4n) is 3.28. The van der Waals surface area contributed by atoms with Crippen molar-refractivity contribution in [3.05, 3.63) is 47.4 Å². The molecule has 6 heteroatoms. The minimum Gasteiger partial charge on any atom is -0.305 e. The van der Waals surface area contributed by atoms with Gasteiger partial charge in [0.15, 0.2) is 0 Å². The number of halogens is 1. The Morgan fingerprint density at radius 2 is 1.77 bits per heavy atom. The largest absolute Gasteiger partial charge is 0.305 e. The van der Waals surface area contributed by atoms with Gasteiger partial charge in [-0.2, -0.15) is 0 Å². The Balaban J connectivity index is 1.62. The fraction of sp³-hybridized carbons (Fsp3) is 0.312. The summed E-state index contributed by atoms with van der Waals surface area (Å²) in [6.45, 7) is 0.226. The third-order valence-electron chi connectivity index (χ3n) is 4.38. The number of carbonyl (C=O) groups excluding carboxylic acids is 2. The first-order valence-electron chi connectivity index (χ1n) is 7.27. The molecule has 0 unspecified atom stereocenters. The average Bonchev–Trinajstić information content (AvgIpc) is 3.02. The average molecular weight is 316 g/mol. The van der Waals surface area contributed by atoms with Crippen molar-refractivity contribution in [3.63, 3.8) is 0 Å². The van der Waals surface area contributed by atoms with Crippen molar-refractivity contribution in [2.24, 2.45) is 11.8 Å². The van der Waals surface area contributed by atoms with Gasteiger partial charge in [-0.3, -0.25) is 14.5 Å². The number of imidazole rings is 1. The molecule has 1 aliphatic carbocycles. The molecule has 2 amide bonds. The molecule has 0 bridgehead atoms. The summed E-state index contributed by atoms with van der Waals surface area (Å²) in [4.78, 5) is 30.7. The van der Waals surface area contributed by atoms with Gasteiger partial charge in [-0.25, -0.2) is 4.98 Å². The van der Waals surface area contributed by atoms with E-state index in [1.165, 1.54) is 4.90 Å². The van der Waals surface area contributed by atoms with Crippen molar-refractivity contribution in [2.45, 2.75) is 19.4 Å². The van der Waals surface area contributed by atoms with E-state index in [1.807, 2.05) is 24.4 Å². The molecule has 2 atom stereocenters. The summed E-state index contributed by atoms with van der Waals surface area (Å²) in [7, 11) is 0. The van der Waals surface area contributed by atoms with Crippen molar-refractivity contribution in [1.29, 1.82) is 0 Å². The predicted octanol–water partition coefficient (Wildman–Crippen LogP) is 2.44. The van der Waals surface area contributed by atoms with E-state index < -0.39 is 0 Å². The van der Waals surface area contributed by atoms with Crippen LogP contribution < -0.4 is 0 Å². The smallest absolute Gasteiger partial charge is 0.233 e. The Labute approximate surface area is 132 Å². The Bertz CT molecular complexity index is 785. The number of fused-ring (bicyclic) bond motifs is 2. The number of allylic oxidation sites excluding steroid dienone is 2. The van der Waals surface area contributed by atoms with E-state index in [1.54, 1.807) is 16.7 Å². The maximum absolute atomic E-state index is 12.4. The Hall–Kier alpha value is -2.14. The van der Waals surface area contributed by atoms with Gasteiger partial charge < -0.3 is 4.40 Å². The van der Waals surface area contributed by atoms with E-state index in [4.69, 9.17) is 11.6 Å². The van der Waals surface area contributed by atoms with Crippen LogP contribution >= 0.6 is 11.6 Å². The minimum absolute atomic E-state index is 0.0746. The maximum atomic E-state index is 12.4. The molecule has 2 aromatic heterocycles. The quantitative estimate of drug-likeness (QED) is 0.632. The molecule has 22 heavy (non-hydrogen) atoms. The first-order valence-corrected chi connectivity index (χ1v) is 7.64. The third kappa shape index (κ3) is 2.04. The SMILES string of the molecule is O=C1[C@@H]2CC=CC[C@H]2C(=O)N1Cc1cn2cc(Cl)ccc2n1. The molecule has 1 aliphatic heterocycles. The van der Waals surface area contributed by atoms with Gasteiger partial charge in [0.1, 0.15) is 5.65 Å². The highest BCUT2D eigenvalue weighted by Crippen LogP contribution is 2.35. The normalized spacial score (nSPS) is 24.3. The lowest BCUT2D eigenvalue weighted by atomic mass is 9.85. The second-order valence-corrected chi connectivity index (χ2v) is 6.20. The number of hydrogen-bond donors (Lipinski definition) is 0. The van der Waals surface area contributed by atoms with Crippen LogP contribution in [0.15, 0.2) is 36.7 Å². The molecule has 0 radical (unpaired) electrons. The monoisotopic (exact) mass is 315 g/mol. The summed E-state index contributed by atoms with van der Waals surface area (Å²) >= 11 is 5.95. The van der Waals surface area contributed by atoms with E-state index in [-0.39, 0.29) is 30.2 Å². The van der Waals surface area contributed by atoms with E-state index in [0.29, 0.717) is 23.6 Å². The Kier molecular flexibility index (Phi) is 3.04. The summed E-state index contributed by atoms with van der Waals surface area (Å²) in [6.07, 6.45) is 8.86. The van der Waals surface area contributed by atoms with Crippen LogP contribution in [-0.4, -0.2) is 26.1 Å². The zero-order chi connectivity index (χ0) is 15.3. The van der Waals surface area contributed by atoms with E-state index in [9.17, 15) is 9.59 Å². The van der Waals surface area contributed by atoms with Gasteiger partial charge in [0.2, 0.25) is 11.8 Å². The number of hydrogen-bond acceptors (Lipinski definition) is 3. The van der Waals surface area contributed by atoms with E-state index in [0.717, 1.165) is 5.65 Å². The Morgan fingerprint density at radius 3 is 2.45 bits per heavy atom. The molecule has 1 saturated heterocycles. The van der Waals surface area contributed by atoms with Crippen LogP contribution in [0.4, 0.5) is 0 Å². The maximum Gasteiger partial charge on any atom is 0.233 e.